The summed E-state index contributed by atoms with van der Waals surface area (Å²) in [6.45, 7) is 2.85. The third-order valence-corrected chi connectivity index (χ3v) is 5.82. The summed E-state index contributed by atoms with van der Waals surface area (Å²) in [6, 6.07) is 3.85. The Labute approximate surface area is 162 Å². The van der Waals surface area contributed by atoms with Crippen LogP contribution in [0.3, 0.4) is 0 Å². The van der Waals surface area contributed by atoms with Crippen LogP contribution in [0.1, 0.15) is 30.0 Å². The van der Waals surface area contributed by atoms with Crippen LogP contribution < -0.4 is 0 Å². The molecular weight excluding hydrogens is 421 g/mol. The molecule has 0 radical (unpaired) electrons. The highest BCUT2D eigenvalue weighted by Crippen LogP contribution is 2.43. The topological polar surface area (TPSA) is 54.8 Å². The van der Waals surface area contributed by atoms with E-state index in [9.17, 15) is 9.18 Å². The third-order valence-electron chi connectivity index (χ3n) is 4.37. The monoisotopic (exact) mass is 435 g/mol. The number of thiazole rings is 1. The number of esters is 1. The molecule has 2 aliphatic rings. The smallest absolute Gasteiger partial charge is 0.338 e. The van der Waals surface area contributed by atoms with E-state index >= 15 is 0 Å². The van der Waals surface area contributed by atoms with Gasteiger partial charge in [0.1, 0.15) is 11.9 Å². The van der Waals surface area contributed by atoms with Gasteiger partial charge in [-0.1, -0.05) is 22.0 Å². The number of fused-ring (bicyclic) bond motifs is 1. The third kappa shape index (κ3) is 2.87. The van der Waals surface area contributed by atoms with Crippen molar-refractivity contribution in [2.75, 3.05) is 13.2 Å². The van der Waals surface area contributed by atoms with Crippen molar-refractivity contribution < 1.29 is 13.9 Å². The van der Waals surface area contributed by atoms with Gasteiger partial charge in [-0.05, 0) is 24.6 Å². The minimum atomic E-state index is -0.561. The number of rotatable bonds is 4. The van der Waals surface area contributed by atoms with E-state index in [1.807, 2.05) is 10.3 Å². The van der Waals surface area contributed by atoms with Gasteiger partial charge in [0.2, 0.25) is 0 Å². The molecule has 2 aromatic rings. The molecule has 0 N–H and O–H groups in total. The number of aromatic nitrogens is 1. The molecule has 1 unspecified atom stereocenters. The van der Waals surface area contributed by atoms with E-state index in [-0.39, 0.29) is 18.4 Å². The molecule has 0 amide bonds. The van der Waals surface area contributed by atoms with Crippen LogP contribution in [0.2, 0.25) is 0 Å². The lowest BCUT2D eigenvalue weighted by Gasteiger charge is -2.42. The molecule has 134 valence electrons. The van der Waals surface area contributed by atoms with Crippen molar-refractivity contribution in [3.63, 3.8) is 0 Å². The standard InChI is InChI=1S/C18H15BrFN3O2S/c1-2-25-18(24)14-13-5-7-23(13)16(17-21-6-8-26-17)22-15(14)11-4-3-10(20)9-12(11)19/h3-4,6,8-9,15H,2,5,7H2,1H3. The molecule has 1 atom stereocenters. The van der Waals surface area contributed by atoms with Crippen molar-refractivity contribution in [2.24, 2.45) is 4.99 Å². The maximum absolute atomic E-state index is 13.6. The Morgan fingerprint density at radius 3 is 2.96 bits per heavy atom. The average Bonchev–Trinajstić information content (AvgIpc) is 3.10. The van der Waals surface area contributed by atoms with Crippen LogP contribution in [0.25, 0.3) is 0 Å². The summed E-state index contributed by atoms with van der Waals surface area (Å²) < 4.78 is 19.4. The van der Waals surface area contributed by atoms with E-state index in [1.54, 1.807) is 19.2 Å². The molecule has 26 heavy (non-hydrogen) atoms. The number of hydrogen-bond acceptors (Lipinski definition) is 6. The van der Waals surface area contributed by atoms with Gasteiger partial charge in [-0.2, -0.15) is 0 Å². The first kappa shape index (κ1) is 17.4. The van der Waals surface area contributed by atoms with E-state index < -0.39 is 6.04 Å². The number of aliphatic imine (C=N–C) groups is 1. The Morgan fingerprint density at radius 2 is 2.35 bits per heavy atom. The number of carbonyl (C=O) groups is 1. The van der Waals surface area contributed by atoms with Crippen LogP contribution in [-0.2, 0) is 9.53 Å². The minimum absolute atomic E-state index is 0.288. The maximum atomic E-state index is 13.6. The van der Waals surface area contributed by atoms with Crippen LogP contribution in [0, 0.1) is 5.82 Å². The van der Waals surface area contributed by atoms with E-state index in [4.69, 9.17) is 9.73 Å². The van der Waals surface area contributed by atoms with Gasteiger partial charge in [0.15, 0.2) is 10.8 Å². The Bertz CT molecular complexity index is 927. The highest BCUT2D eigenvalue weighted by Gasteiger charge is 2.41. The van der Waals surface area contributed by atoms with E-state index in [2.05, 4.69) is 20.9 Å². The van der Waals surface area contributed by atoms with Crippen molar-refractivity contribution in [1.29, 1.82) is 0 Å². The lowest BCUT2D eigenvalue weighted by molar-refractivity contribution is -0.139. The number of amidine groups is 1. The Balaban J connectivity index is 1.86. The molecule has 5 nitrogen and oxygen atoms in total. The van der Waals surface area contributed by atoms with Crippen LogP contribution >= 0.6 is 27.3 Å². The van der Waals surface area contributed by atoms with Gasteiger partial charge >= 0.3 is 5.97 Å². The predicted octanol–water partition coefficient (Wildman–Crippen LogP) is 4.07. The number of nitrogens with zero attached hydrogens (tertiary/aromatic N) is 3. The summed E-state index contributed by atoms with van der Waals surface area (Å²) in [5, 5.41) is 2.69. The molecule has 0 bridgehead atoms. The first-order valence-electron chi connectivity index (χ1n) is 8.20. The van der Waals surface area contributed by atoms with Gasteiger partial charge in [-0.25, -0.2) is 14.2 Å². The van der Waals surface area contributed by atoms with Crippen molar-refractivity contribution in [1.82, 2.24) is 9.88 Å². The molecule has 1 aromatic carbocycles. The molecule has 8 heteroatoms. The van der Waals surface area contributed by atoms with Crippen LogP contribution in [0.15, 0.2) is 50.5 Å². The van der Waals surface area contributed by atoms with Crippen molar-refractivity contribution >= 4 is 39.1 Å². The number of halogens is 2. The van der Waals surface area contributed by atoms with E-state index in [0.717, 1.165) is 35.1 Å². The highest BCUT2D eigenvalue weighted by atomic mass is 79.9. The molecule has 0 aliphatic carbocycles. The molecule has 1 fully saturated rings. The predicted molar refractivity (Wildman–Crippen MR) is 100 cm³/mol. The SMILES string of the molecule is CCOC(=O)C1=C2CCN2C(c2nccs2)=NC1c1ccc(F)cc1Br. The maximum Gasteiger partial charge on any atom is 0.338 e. The quantitative estimate of drug-likeness (QED) is 0.679. The average molecular weight is 436 g/mol. The normalized spacial score (nSPS) is 19.0. The van der Waals surface area contributed by atoms with Gasteiger partial charge < -0.3 is 9.64 Å². The summed E-state index contributed by atoms with van der Waals surface area (Å²) in [5.41, 5.74) is 2.15. The van der Waals surface area contributed by atoms with E-state index in [1.165, 1.54) is 23.5 Å². The molecule has 1 saturated heterocycles. The fourth-order valence-electron chi connectivity index (χ4n) is 3.15. The first-order valence-corrected chi connectivity index (χ1v) is 9.87. The molecule has 4 rings (SSSR count). The van der Waals surface area contributed by atoms with Crippen molar-refractivity contribution in [2.45, 2.75) is 19.4 Å². The fraction of sp³-hybridized carbons (Fsp3) is 0.278. The van der Waals surface area contributed by atoms with Crippen LogP contribution in [-0.4, -0.2) is 34.8 Å². The largest absolute Gasteiger partial charge is 0.463 e. The lowest BCUT2D eigenvalue weighted by Crippen LogP contribution is -2.46. The number of benzene rings is 1. The zero-order chi connectivity index (χ0) is 18.3. The molecule has 0 spiro atoms. The second-order valence-electron chi connectivity index (χ2n) is 5.84. The molecule has 0 saturated carbocycles. The summed E-state index contributed by atoms with van der Waals surface area (Å²) in [6.07, 6.45) is 2.50. The van der Waals surface area contributed by atoms with Gasteiger partial charge in [-0.3, -0.25) is 4.99 Å². The molecular formula is C18H15BrFN3O2S. The molecule has 2 aliphatic heterocycles. The van der Waals surface area contributed by atoms with Crippen molar-refractivity contribution in [3.8, 4) is 0 Å². The second-order valence-corrected chi connectivity index (χ2v) is 7.59. The highest BCUT2D eigenvalue weighted by molar-refractivity contribution is 9.10. The number of ether oxygens (including phenoxy) is 1. The lowest BCUT2D eigenvalue weighted by atomic mass is 9.90. The minimum Gasteiger partial charge on any atom is -0.463 e. The Hall–Kier alpha value is -2.06. The van der Waals surface area contributed by atoms with Crippen LogP contribution in [0.4, 0.5) is 4.39 Å². The fourth-order valence-corrected chi connectivity index (χ4v) is 4.36. The second kappa shape index (κ2) is 6.92. The zero-order valence-corrected chi connectivity index (χ0v) is 16.3. The number of carbonyl (C=O) groups excluding carboxylic acids is 1. The summed E-state index contributed by atoms with van der Waals surface area (Å²) in [5.74, 6) is 0.0158. The van der Waals surface area contributed by atoms with Crippen LogP contribution in [0.5, 0.6) is 0 Å². The van der Waals surface area contributed by atoms with Gasteiger partial charge in [0.25, 0.3) is 0 Å². The van der Waals surface area contributed by atoms with Gasteiger partial charge in [-0.15, -0.1) is 11.3 Å². The summed E-state index contributed by atoms with van der Waals surface area (Å²) >= 11 is 4.91. The Morgan fingerprint density at radius 1 is 1.50 bits per heavy atom. The molecule has 1 aromatic heterocycles. The summed E-state index contributed by atoms with van der Waals surface area (Å²) in [4.78, 5) is 23.9. The number of hydrogen-bond donors (Lipinski definition) is 0. The van der Waals surface area contributed by atoms with Crippen molar-refractivity contribution in [3.05, 3.63) is 61.9 Å². The zero-order valence-electron chi connectivity index (χ0n) is 13.9. The van der Waals surface area contributed by atoms with E-state index in [0.29, 0.717) is 10.0 Å². The Kier molecular flexibility index (Phi) is 4.62. The van der Waals surface area contributed by atoms with Gasteiger partial charge in [0, 0.05) is 34.7 Å². The molecule has 3 heterocycles. The van der Waals surface area contributed by atoms with Gasteiger partial charge in [0.05, 0.1) is 12.2 Å². The summed E-state index contributed by atoms with van der Waals surface area (Å²) in [7, 11) is 0. The first-order chi connectivity index (χ1) is 12.6.